The third kappa shape index (κ3) is 3.84. The summed E-state index contributed by atoms with van der Waals surface area (Å²) in [4.78, 5) is 11.8. The van der Waals surface area contributed by atoms with Gasteiger partial charge in [-0.15, -0.1) is 0 Å². The Kier molecular flexibility index (Phi) is 5.35. The van der Waals surface area contributed by atoms with E-state index >= 15 is 0 Å². The van der Waals surface area contributed by atoms with Crippen LogP contribution in [0.15, 0.2) is 18.2 Å². The van der Waals surface area contributed by atoms with E-state index in [0.29, 0.717) is 6.61 Å². The number of rotatable bonds is 5. The molecule has 18 heavy (non-hydrogen) atoms. The van der Waals surface area contributed by atoms with Gasteiger partial charge in [-0.2, -0.15) is 0 Å². The molecule has 1 aromatic carbocycles. The standard InChI is InChI=1S/C15H23NO2/c1-5-11(3)14(16)15(17)18-9-13-8-10(2)6-7-12(13)4/h6-8,11,14H,5,9,16H2,1-4H3. The van der Waals surface area contributed by atoms with Gasteiger partial charge in [0.2, 0.25) is 0 Å². The molecule has 1 aromatic rings. The quantitative estimate of drug-likeness (QED) is 0.816. The van der Waals surface area contributed by atoms with E-state index in [4.69, 9.17) is 10.5 Å². The van der Waals surface area contributed by atoms with Crippen LogP contribution in [-0.2, 0) is 16.1 Å². The molecule has 0 aromatic heterocycles. The van der Waals surface area contributed by atoms with E-state index < -0.39 is 6.04 Å². The van der Waals surface area contributed by atoms with Gasteiger partial charge in [0.15, 0.2) is 0 Å². The molecule has 0 bridgehead atoms. The van der Waals surface area contributed by atoms with Crippen molar-refractivity contribution in [3.63, 3.8) is 0 Å². The number of aryl methyl sites for hydroxylation is 2. The van der Waals surface area contributed by atoms with E-state index in [9.17, 15) is 4.79 Å². The second-order valence-electron chi connectivity index (χ2n) is 4.95. The van der Waals surface area contributed by atoms with Crippen molar-refractivity contribution in [3.8, 4) is 0 Å². The van der Waals surface area contributed by atoms with Crippen LogP contribution in [-0.4, -0.2) is 12.0 Å². The van der Waals surface area contributed by atoms with Gasteiger partial charge in [0, 0.05) is 0 Å². The Morgan fingerprint density at radius 2 is 2.06 bits per heavy atom. The van der Waals surface area contributed by atoms with Gasteiger partial charge < -0.3 is 10.5 Å². The number of esters is 1. The average molecular weight is 249 g/mol. The molecular weight excluding hydrogens is 226 g/mol. The van der Waals surface area contributed by atoms with E-state index in [-0.39, 0.29) is 11.9 Å². The molecule has 100 valence electrons. The second-order valence-corrected chi connectivity index (χ2v) is 4.95. The maximum Gasteiger partial charge on any atom is 0.323 e. The molecule has 3 nitrogen and oxygen atoms in total. The fraction of sp³-hybridized carbons (Fsp3) is 0.533. The molecule has 0 aliphatic rings. The van der Waals surface area contributed by atoms with Crippen LogP contribution in [0.25, 0.3) is 0 Å². The zero-order valence-electron chi connectivity index (χ0n) is 11.7. The van der Waals surface area contributed by atoms with Crippen molar-refractivity contribution >= 4 is 5.97 Å². The van der Waals surface area contributed by atoms with E-state index in [1.165, 1.54) is 0 Å². The van der Waals surface area contributed by atoms with Crippen LogP contribution in [0.3, 0.4) is 0 Å². The van der Waals surface area contributed by atoms with Gasteiger partial charge in [0.1, 0.15) is 12.6 Å². The predicted octanol–water partition coefficient (Wildman–Crippen LogP) is 2.72. The van der Waals surface area contributed by atoms with Crippen LogP contribution < -0.4 is 5.73 Å². The molecule has 2 N–H and O–H groups in total. The molecule has 1 rings (SSSR count). The van der Waals surface area contributed by atoms with Crippen molar-refractivity contribution in [2.24, 2.45) is 11.7 Å². The summed E-state index contributed by atoms with van der Waals surface area (Å²) in [5.74, 6) is -0.165. The van der Waals surface area contributed by atoms with Crippen molar-refractivity contribution in [1.82, 2.24) is 0 Å². The number of benzene rings is 1. The SMILES string of the molecule is CCC(C)C(N)C(=O)OCc1cc(C)ccc1C. The number of carbonyl (C=O) groups is 1. The van der Waals surface area contributed by atoms with Crippen molar-refractivity contribution in [1.29, 1.82) is 0 Å². The summed E-state index contributed by atoms with van der Waals surface area (Å²) < 4.78 is 5.28. The summed E-state index contributed by atoms with van der Waals surface area (Å²) in [6, 6.07) is 5.59. The monoisotopic (exact) mass is 249 g/mol. The Balaban J connectivity index is 2.60. The first-order valence-electron chi connectivity index (χ1n) is 6.44. The minimum atomic E-state index is -0.528. The van der Waals surface area contributed by atoms with Crippen molar-refractivity contribution in [3.05, 3.63) is 34.9 Å². The van der Waals surface area contributed by atoms with Crippen LogP contribution in [0.4, 0.5) is 0 Å². The minimum absolute atomic E-state index is 0.149. The molecule has 3 heteroatoms. The molecule has 0 radical (unpaired) electrons. The minimum Gasteiger partial charge on any atom is -0.460 e. The second kappa shape index (κ2) is 6.55. The van der Waals surface area contributed by atoms with Gasteiger partial charge in [-0.25, -0.2) is 0 Å². The van der Waals surface area contributed by atoms with E-state index in [0.717, 1.165) is 23.1 Å². The highest BCUT2D eigenvalue weighted by atomic mass is 16.5. The summed E-state index contributed by atoms with van der Waals surface area (Å²) in [6.45, 7) is 8.32. The molecule has 0 fully saturated rings. The summed E-state index contributed by atoms with van der Waals surface area (Å²) in [6.07, 6.45) is 0.875. The van der Waals surface area contributed by atoms with Crippen molar-refractivity contribution in [2.75, 3.05) is 0 Å². The van der Waals surface area contributed by atoms with Crippen LogP contribution in [0, 0.1) is 19.8 Å². The Hall–Kier alpha value is -1.35. The average Bonchev–Trinajstić information content (AvgIpc) is 2.37. The Morgan fingerprint density at radius 3 is 2.67 bits per heavy atom. The fourth-order valence-corrected chi connectivity index (χ4v) is 1.69. The van der Waals surface area contributed by atoms with E-state index in [1.807, 2.05) is 45.9 Å². The van der Waals surface area contributed by atoms with Gasteiger partial charge >= 0.3 is 5.97 Å². The lowest BCUT2D eigenvalue weighted by Crippen LogP contribution is -2.37. The molecule has 0 spiro atoms. The summed E-state index contributed by atoms with van der Waals surface area (Å²) >= 11 is 0. The normalized spacial score (nSPS) is 14.1. The number of carbonyl (C=O) groups excluding carboxylic acids is 1. The first-order valence-corrected chi connectivity index (χ1v) is 6.44. The van der Waals surface area contributed by atoms with Gasteiger partial charge in [0.05, 0.1) is 0 Å². The maximum absolute atomic E-state index is 11.8. The van der Waals surface area contributed by atoms with Crippen LogP contribution in [0.5, 0.6) is 0 Å². The largest absolute Gasteiger partial charge is 0.460 e. The van der Waals surface area contributed by atoms with Crippen molar-refractivity contribution < 1.29 is 9.53 Å². The van der Waals surface area contributed by atoms with E-state index in [1.54, 1.807) is 0 Å². The highest BCUT2D eigenvalue weighted by Crippen LogP contribution is 2.13. The maximum atomic E-state index is 11.8. The number of hydrogen-bond acceptors (Lipinski definition) is 3. The Bertz CT molecular complexity index is 415. The van der Waals surface area contributed by atoms with Crippen LogP contribution >= 0.6 is 0 Å². The number of nitrogens with two attached hydrogens (primary N) is 1. The first-order chi connectivity index (χ1) is 8.45. The fourth-order valence-electron chi connectivity index (χ4n) is 1.69. The molecule has 2 atom stereocenters. The highest BCUT2D eigenvalue weighted by Gasteiger charge is 2.20. The van der Waals surface area contributed by atoms with Crippen LogP contribution in [0.2, 0.25) is 0 Å². The Labute approximate surface area is 109 Å². The zero-order chi connectivity index (χ0) is 13.7. The third-order valence-corrected chi connectivity index (χ3v) is 3.40. The van der Waals surface area contributed by atoms with Crippen LogP contribution in [0.1, 0.15) is 37.0 Å². The molecule has 0 amide bonds. The van der Waals surface area contributed by atoms with Gasteiger partial charge in [-0.1, -0.05) is 44.0 Å². The Morgan fingerprint density at radius 1 is 1.39 bits per heavy atom. The molecule has 0 saturated carbocycles. The number of ether oxygens (including phenoxy) is 1. The topological polar surface area (TPSA) is 52.3 Å². The lowest BCUT2D eigenvalue weighted by molar-refractivity contribution is -0.147. The lowest BCUT2D eigenvalue weighted by atomic mass is 10.0. The molecule has 0 heterocycles. The summed E-state index contributed by atoms with van der Waals surface area (Å²) in [5.41, 5.74) is 9.17. The molecule has 2 unspecified atom stereocenters. The van der Waals surface area contributed by atoms with Gasteiger partial charge in [-0.3, -0.25) is 4.79 Å². The number of hydrogen-bond donors (Lipinski definition) is 1. The summed E-state index contributed by atoms with van der Waals surface area (Å²) in [5, 5.41) is 0. The third-order valence-electron chi connectivity index (χ3n) is 3.40. The lowest BCUT2D eigenvalue weighted by Gasteiger charge is -2.17. The first kappa shape index (κ1) is 14.7. The molecule has 0 aliphatic heterocycles. The molecule has 0 saturated heterocycles. The van der Waals surface area contributed by atoms with Gasteiger partial charge in [-0.05, 0) is 30.9 Å². The molecular formula is C15H23NO2. The smallest absolute Gasteiger partial charge is 0.323 e. The van der Waals surface area contributed by atoms with E-state index in [2.05, 4.69) is 0 Å². The highest BCUT2D eigenvalue weighted by molar-refractivity contribution is 5.75. The zero-order valence-corrected chi connectivity index (χ0v) is 11.7. The predicted molar refractivity (Wildman–Crippen MR) is 73.1 cm³/mol. The summed E-state index contributed by atoms with van der Waals surface area (Å²) in [7, 11) is 0. The van der Waals surface area contributed by atoms with Crippen molar-refractivity contribution in [2.45, 2.75) is 46.8 Å². The molecule has 0 aliphatic carbocycles. The van der Waals surface area contributed by atoms with Gasteiger partial charge in [0.25, 0.3) is 0 Å².